The van der Waals surface area contributed by atoms with Crippen LogP contribution in [0.15, 0.2) is 66.9 Å². The standard InChI is InChI=1S/C25H23ClF3N3O2/c26-20-8-6-18(7-9-20)24-21-5-2-12-31(21)13-14-32(24)23(34)11-10-22(33)30-16-17-3-1-4-19(15-17)25(27,28)29/h1-9,12,15,24H,10-11,13-14,16H2,(H,30,33)/t24-/m1/s1. The molecule has 1 aromatic heterocycles. The van der Waals surface area contributed by atoms with E-state index in [4.69, 9.17) is 11.6 Å². The third-order valence-electron chi connectivity index (χ3n) is 5.85. The van der Waals surface area contributed by atoms with E-state index in [1.807, 2.05) is 30.5 Å². The van der Waals surface area contributed by atoms with E-state index in [1.165, 1.54) is 12.1 Å². The number of amides is 2. The summed E-state index contributed by atoms with van der Waals surface area (Å²) in [6.07, 6.45) is -2.52. The van der Waals surface area contributed by atoms with Crippen LogP contribution < -0.4 is 5.32 Å². The van der Waals surface area contributed by atoms with Gasteiger partial charge in [0.15, 0.2) is 0 Å². The molecular weight excluding hydrogens is 467 g/mol. The van der Waals surface area contributed by atoms with Crippen LogP contribution in [-0.4, -0.2) is 27.8 Å². The van der Waals surface area contributed by atoms with Gasteiger partial charge in [-0.25, -0.2) is 0 Å². The van der Waals surface area contributed by atoms with Crippen LogP contribution in [-0.2, 0) is 28.9 Å². The first kappa shape index (κ1) is 23.9. The van der Waals surface area contributed by atoms with Gasteiger partial charge in [0.1, 0.15) is 0 Å². The molecule has 178 valence electrons. The summed E-state index contributed by atoms with van der Waals surface area (Å²) < 4.78 is 40.7. The van der Waals surface area contributed by atoms with E-state index in [2.05, 4.69) is 9.88 Å². The van der Waals surface area contributed by atoms with Crippen molar-refractivity contribution in [2.24, 2.45) is 0 Å². The number of aromatic nitrogens is 1. The molecule has 0 spiro atoms. The molecule has 5 nitrogen and oxygen atoms in total. The molecule has 2 amide bonds. The Balaban J connectivity index is 1.38. The number of benzene rings is 2. The van der Waals surface area contributed by atoms with Gasteiger partial charge in [-0.2, -0.15) is 13.2 Å². The first-order valence-corrected chi connectivity index (χ1v) is 11.2. The molecule has 4 rings (SSSR count). The molecule has 1 aliphatic rings. The molecule has 0 unspecified atom stereocenters. The fraction of sp³-hybridized carbons (Fsp3) is 0.280. The van der Waals surface area contributed by atoms with Crippen molar-refractivity contribution in [1.29, 1.82) is 0 Å². The van der Waals surface area contributed by atoms with E-state index < -0.39 is 17.6 Å². The highest BCUT2D eigenvalue weighted by Crippen LogP contribution is 2.33. The van der Waals surface area contributed by atoms with Crippen molar-refractivity contribution in [3.63, 3.8) is 0 Å². The Labute approximate surface area is 200 Å². The van der Waals surface area contributed by atoms with Crippen molar-refractivity contribution in [1.82, 2.24) is 14.8 Å². The topological polar surface area (TPSA) is 54.3 Å². The number of rotatable bonds is 6. The summed E-state index contributed by atoms with van der Waals surface area (Å²) in [6, 6.07) is 15.8. The van der Waals surface area contributed by atoms with Crippen LogP contribution in [0.1, 0.15) is 41.3 Å². The molecular formula is C25H23ClF3N3O2. The first-order chi connectivity index (χ1) is 16.2. The van der Waals surface area contributed by atoms with Crippen molar-refractivity contribution < 1.29 is 22.8 Å². The molecule has 0 saturated heterocycles. The second-order valence-electron chi connectivity index (χ2n) is 8.14. The quantitative estimate of drug-likeness (QED) is 0.518. The molecule has 34 heavy (non-hydrogen) atoms. The summed E-state index contributed by atoms with van der Waals surface area (Å²) in [4.78, 5) is 27.2. The lowest BCUT2D eigenvalue weighted by Crippen LogP contribution is -2.42. The summed E-state index contributed by atoms with van der Waals surface area (Å²) in [5.41, 5.74) is 1.48. The summed E-state index contributed by atoms with van der Waals surface area (Å²) in [7, 11) is 0. The number of halogens is 4. The largest absolute Gasteiger partial charge is 0.416 e. The van der Waals surface area contributed by atoms with Gasteiger partial charge in [-0.1, -0.05) is 35.9 Å². The number of fused-ring (bicyclic) bond motifs is 1. The number of carbonyl (C=O) groups excluding carboxylic acids is 2. The fourth-order valence-corrected chi connectivity index (χ4v) is 4.28. The predicted octanol–water partition coefficient (Wildman–Crippen LogP) is 5.19. The van der Waals surface area contributed by atoms with Gasteiger partial charge in [-0.15, -0.1) is 0 Å². The predicted molar refractivity (Wildman–Crippen MR) is 122 cm³/mol. The van der Waals surface area contributed by atoms with Crippen LogP contribution in [0, 0.1) is 0 Å². The molecule has 2 aromatic carbocycles. The minimum Gasteiger partial charge on any atom is -0.352 e. The third kappa shape index (κ3) is 5.44. The SMILES string of the molecule is O=C(CCC(=O)N1CCn2cccc2[C@H]1c1ccc(Cl)cc1)NCc1cccc(C(F)(F)F)c1. The lowest BCUT2D eigenvalue weighted by molar-refractivity contribution is -0.137. The van der Waals surface area contributed by atoms with Crippen LogP contribution in [0.25, 0.3) is 0 Å². The van der Waals surface area contributed by atoms with Crippen molar-refractivity contribution in [3.05, 3.63) is 94.3 Å². The van der Waals surface area contributed by atoms with E-state index in [0.717, 1.165) is 23.4 Å². The normalized spacial score (nSPS) is 15.6. The second kappa shape index (κ2) is 9.93. The summed E-state index contributed by atoms with van der Waals surface area (Å²) in [5, 5.41) is 3.20. The van der Waals surface area contributed by atoms with Gasteiger partial charge in [-0.3, -0.25) is 9.59 Å². The number of carbonyl (C=O) groups is 2. The molecule has 1 N–H and O–H groups in total. The number of hydrogen-bond acceptors (Lipinski definition) is 2. The minimum atomic E-state index is -4.44. The first-order valence-electron chi connectivity index (χ1n) is 10.8. The molecule has 0 radical (unpaired) electrons. The molecule has 0 fully saturated rings. The molecule has 3 aromatic rings. The highest BCUT2D eigenvalue weighted by molar-refractivity contribution is 6.30. The molecule has 0 saturated carbocycles. The average molecular weight is 490 g/mol. The molecule has 1 aliphatic heterocycles. The second-order valence-corrected chi connectivity index (χ2v) is 8.58. The molecule has 0 bridgehead atoms. The fourth-order valence-electron chi connectivity index (χ4n) is 4.16. The van der Waals surface area contributed by atoms with Crippen LogP contribution >= 0.6 is 11.6 Å². The van der Waals surface area contributed by atoms with Crippen LogP contribution in [0.5, 0.6) is 0 Å². The van der Waals surface area contributed by atoms with E-state index in [0.29, 0.717) is 23.7 Å². The highest BCUT2D eigenvalue weighted by Gasteiger charge is 2.32. The maximum atomic E-state index is 13.1. The van der Waals surface area contributed by atoms with Crippen molar-refractivity contribution in [2.45, 2.75) is 38.1 Å². The Morgan fingerprint density at radius 1 is 1.00 bits per heavy atom. The van der Waals surface area contributed by atoms with Crippen LogP contribution in [0.2, 0.25) is 5.02 Å². The maximum absolute atomic E-state index is 13.1. The van der Waals surface area contributed by atoms with Crippen molar-refractivity contribution in [2.75, 3.05) is 6.54 Å². The molecule has 1 atom stereocenters. The van der Waals surface area contributed by atoms with Gasteiger partial charge in [0.25, 0.3) is 0 Å². The number of nitrogens with zero attached hydrogens (tertiary/aromatic N) is 2. The Morgan fingerprint density at radius 2 is 1.76 bits per heavy atom. The number of nitrogens with one attached hydrogen (secondary N) is 1. The smallest absolute Gasteiger partial charge is 0.352 e. The summed E-state index contributed by atoms with van der Waals surface area (Å²) in [5.74, 6) is -0.559. The Hall–Kier alpha value is -3.26. The van der Waals surface area contributed by atoms with Crippen molar-refractivity contribution in [3.8, 4) is 0 Å². The zero-order chi connectivity index (χ0) is 24.3. The van der Waals surface area contributed by atoms with Crippen molar-refractivity contribution >= 4 is 23.4 Å². The molecule has 9 heteroatoms. The van der Waals surface area contributed by atoms with Gasteiger partial charge >= 0.3 is 6.18 Å². The zero-order valence-corrected chi connectivity index (χ0v) is 18.9. The lowest BCUT2D eigenvalue weighted by Gasteiger charge is -2.37. The lowest BCUT2D eigenvalue weighted by atomic mass is 9.99. The Kier molecular flexibility index (Phi) is 6.97. The molecule has 0 aliphatic carbocycles. The van der Waals surface area contributed by atoms with Gasteiger partial charge in [0.2, 0.25) is 11.8 Å². The van der Waals surface area contributed by atoms with E-state index in [-0.39, 0.29) is 31.3 Å². The van der Waals surface area contributed by atoms with E-state index in [1.54, 1.807) is 17.0 Å². The Morgan fingerprint density at radius 3 is 2.50 bits per heavy atom. The number of alkyl halides is 3. The van der Waals surface area contributed by atoms with E-state index >= 15 is 0 Å². The summed E-state index contributed by atoms with van der Waals surface area (Å²) >= 11 is 6.03. The summed E-state index contributed by atoms with van der Waals surface area (Å²) in [6.45, 7) is 1.11. The van der Waals surface area contributed by atoms with Gasteiger partial charge < -0.3 is 14.8 Å². The average Bonchev–Trinajstić information content (AvgIpc) is 3.30. The van der Waals surface area contributed by atoms with Crippen LogP contribution in [0.3, 0.4) is 0 Å². The zero-order valence-electron chi connectivity index (χ0n) is 18.2. The maximum Gasteiger partial charge on any atom is 0.416 e. The highest BCUT2D eigenvalue weighted by atomic mass is 35.5. The van der Waals surface area contributed by atoms with E-state index in [9.17, 15) is 22.8 Å². The van der Waals surface area contributed by atoms with Crippen LogP contribution in [0.4, 0.5) is 13.2 Å². The third-order valence-corrected chi connectivity index (χ3v) is 6.11. The monoisotopic (exact) mass is 489 g/mol. The minimum absolute atomic E-state index is 0.000771. The van der Waals surface area contributed by atoms with Gasteiger partial charge in [-0.05, 0) is 47.5 Å². The van der Waals surface area contributed by atoms with Gasteiger partial charge in [0.05, 0.1) is 11.6 Å². The van der Waals surface area contributed by atoms with Gasteiger partial charge in [0, 0.05) is 49.4 Å². The molecule has 2 heterocycles. The Bertz CT molecular complexity index is 1170. The number of hydrogen-bond donors (Lipinski definition) is 1.